The molecule has 2 unspecified atom stereocenters. The highest BCUT2D eigenvalue weighted by molar-refractivity contribution is 7.87. The van der Waals surface area contributed by atoms with Gasteiger partial charge in [0.15, 0.2) is 17.3 Å². The van der Waals surface area contributed by atoms with E-state index >= 15 is 0 Å². The van der Waals surface area contributed by atoms with Crippen LogP contribution < -0.4 is 52.5 Å². The largest absolute Gasteiger partial charge is 0.507 e. The number of hydrogen-bond acceptors (Lipinski definition) is 19. The third kappa shape index (κ3) is 12.6. The van der Waals surface area contributed by atoms with E-state index in [1.165, 1.54) is 45.0 Å². The predicted molar refractivity (Wildman–Crippen MR) is 269 cm³/mol. The first-order valence-electron chi connectivity index (χ1n) is 23.7. The standard InChI is InChI=1S/C48H65N11O15S/c1-21-36(40(51)58-41(54-21)37-33(62)15-30-29(48(37,5)70)9-10-47(30,3)4)43(65)57-32(18-53-75(52,71)72)45(67)59(6)38-24-13-28(39(63)35(14-24)74-20-26(61)17-50)27-11-23(7-8-34(27)73-19-25(60)16-49)12-31(46(68)69)56-42(64)22(2)55-44(38)66/h7-8,11,13-15,22,25-26,29,31-32,38,53,60-63,70H,9-10,12,16-20,49-50H2,1-6H3,(H,55,66)(H,56,64)(H,57,65)(H,68,69)(H2,51,54,58)(H2,52,71,72)/t22-,25+,26+,29?,31-,32-,38-,48?/m0/s1. The number of anilines is 1. The summed E-state index contributed by atoms with van der Waals surface area (Å²) >= 11 is 0. The molecular weight excluding hydrogens is 1000 g/mol. The number of phenolic OH excluding ortho intramolecular Hbond substituents is 1. The molecule has 3 aliphatic rings. The summed E-state index contributed by atoms with van der Waals surface area (Å²) in [6.07, 6.45) is 0.109. The van der Waals surface area contributed by atoms with Gasteiger partial charge in [-0.2, -0.15) is 13.1 Å². The molecule has 408 valence electrons. The zero-order valence-corrected chi connectivity index (χ0v) is 42.9. The van der Waals surface area contributed by atoms with Crippen LogP contribution in [-0.2, 0) is 35.8 Å². The maximum Gasteiger partial charge on any atom is 0.326 e. The SMILES string of the molecule is Cc1nc(C2=C(O)C=C3C(CCC3(C)C)C2(C)O)nc(N)c1C(=O)N[C@@H](CNS(N)(=O)=O)C(=O)N(C)[C@@H]1C(=O)N[C@@H](C)C(=O)N[C@H](C(=O)O)Cc2ccc(OC[C@H](O)CN)c(c2)-c2cc1cc(OC[C@H](O)CN)c2O. The number of carbonyl (C=O) groups is 5. The highest BCUT2D eigenvalue weighted by atomic mass is 32.2. The van der Waals surface area contributed by atoms with E-state index in [0.717, 1.165) is 30.0 Å². The van der Waals surface area contributed by atoms with Gasteiger partial charge in [0.1, 0.15) is 78.1 Å². The lowest BCUT2D eigenvalue weighted by Crippen LogP contribution is -2.57. The number of ether oxygens (including phenoxy) is 2. The molecule has 18 N–H and O–H groups in total. The number of amides is 4. The van der Waals surface area contributed by atoms with Crippen molar-refractivity contribution >= 4 is 51.2 Å². The molecule has 75 heavy (non-hydrogen) atoms. The number of carboxylic acids is 1. The zero-order valence-electron chi connectivity index (χ0n) is 42.1. The molecule has 27 heteroatoms. The smallest absolute Gasteiger partial charge is 0.326 e. The van der Waals surface area contributed by atoms with Gasteiger partial charge in [-0.3, -0.25) is 19.2 Å². The van der Waals surface area contributed by atoms with Crippen LogP contribution in [0.3, 0.4) is 0 Å². The minimum absolute atomic E-state index is 0.0142. The van der Waals surface area contributed by atoms with Crippen LogP contribution >= 0.6 is 0 Å². The van der Waals surface area contributed by atoms with Crippen LogP contribution in [0.1, 0.15) is 79.6 Å². The normalized spacial score (nSPS) is 22.8. The fraction of sp³-hybridized carbons (Fsp3) is 0.479. The maximum absolute atomic E-state index is 15.0. The molecule has 4 bridgehead atoms. The molecule has 2 aliphatic carbocycles. The van der Waals surface area contributed by atoms with Gasteiger partial charge >= 0.3 is 5.97 Å². The number of hydrogen-bond donors (Lipinski definition) is 14. The molecule has 1 aliphatic heterocycles. The Balaban J connectivity index is 1.48. The number of phenols is 1. The molecule has 0 spiro atoms. The number of aryl methyl sites for hydroxylation is 1. The fourth-order valence-electron chi connectivity index (χ4n) is 9.43. The van der Waals surface area contributed by atoms with Crippen molar-refractivity contribution in [2.24, 2.45) is 27.9 Å². The molecular formula is C48H65N11O15S. The summed E-state index contributed by atoms with van der Waals surface area (Å²) in [4.78, 5) is 79.7. The Labute approximate surface area is 431 Å². The molecule has 2 heterocycles. The number of nitrogen functional groups attached to an aromatic ring is 1. The van der Waals surface area contributed by atoms with Crippen molar-refractivity contribution in [3.8, 4) is 28.4 Å². The van der Waals surface area contributed by atoms with Gasteiger partial charge in [-0.25, -0.2) is 19.9 Å². The summed E-state index contributed by atoms with van der Waals surface area (Å²) in [5, 5.41) is 78.6. The molecule has 1 saturated carbocycles. The van der Waals surface area contributed by atoms with Crippen molar-refractivity contribution in [2.75, 3.05) is 45.6 Å². The fourth-order valence-corrected chi connectivity index (χ4v) is 9.83. The monoisotopic (exact) mass is 1070 g/mol. The highest BCUT2D eigenvalue weighted by Gasteiger charge is 2.51. The van der Waals surface area contributed by atoms with Gasteiger partial charge in [-0.15, -0.1) is 0 Å². The van der Waals surface area contributed by atoms with Crippen molar-refractivity contribution in [1.82, 2.24) is 35.5 Å². The Morgan fingerprint density at radius 3 is 2.20 bits per heavy atom. The average Bonchev–Trinajstić information content (AvgIpc) is 3.64. The van der Waals surface area contributed by atoms with Crippen molar-refractivity contribution in [3.63, 3.8) is 0 Å². The first kappa shape index (κ1) is 57.3. The van der Waals surface area contributed by atoms with E-state index < -0.39 is 124 Å². The van der Waals surface area contributed by atoms with E-state index in [2.05, 4.69) is 25.9 Å². The molecule has 2 aromatic carbocycles. The molecule has 6 rings (SSSR count). The van der Waals surface area contributed by atoms with Gasteiger partial charge in [0.05, 0.1) is 11.3 Å². The molecule has 1 fully saturated rings. The zero-order chi connectivity index (χ0) is 55.6. The Kier molecular flexibility index (Phi) is 17.2. The Morgan fingerprint density at radius 2 is 1.60 bits per heavy atom. The van der Waals surface area contributed by atoms with Crippen LogP contribution in [0.15, 0.2) is 47.7 Å². The number of aromatic nitrogens is 2. The van der Waals surface area contributed by atoms with Crippen LogP contribution in [0.4, 0.5) is 5.82 Å². The number of nitrogens with two attached hydrogens (primary N) is 4. The minimum Gasteiger partial charge on any atom is -0.507 e. The highest BCUT2D eigenvalue weighted by Crippen LogP contribution is 2.56. The van der Waals surface area contributed by atoms with E-state index in [9.17, 15) is 63.0 Å². The Morgan fingerprint density at radius 1 is 0.960 bits per heavy atom. The van der Waals surface area contributed by atoms with Crippen LogP contribution in [0, 0.1) is 18.3 Å². The second-order valence-corrected chi connectivity index (χ2v) is 21.0. The number of nitrogens with one attached hydrogen (secondary N) is 4. The van der Waals surface area contributed by atoms with Crippen molar-refractivity contribution < 1.29 is 72.5 Å². The number of allylic oxidation sites excluding steroid dienone is 1. The Bertz CT molecular complexity index is 2910. The number of carboxylic acid groups (broad SMARTS) is 1. The number of aliphatic hydroxyl groups excluding tert-OH is 3. The van der Waals surface area contributed by atoms with E-state index in [1.54, 1.807) is 6.08 Å². The first-order chi connectivity index (χ1) is 35.0. The number of likely N-dealkylation sites (N-methyl/N-ethyl adjacent to an activating group) is 1. The number of fused-ring (bicyclic) bond motifs is 6. The molecule has 3 aromatic rings. The van der Waals surface area contributed by atoms with Gasteiger partial charge in [0, 0.05) is 50.1 Å². The van der Waals surface area contributed by atoms with Crippen LogP contribution in [0.5, 0.6) is 17.2 Å². The van der Waals surface area contributed by atoms with Gasteiger partial charge < -0.3 is 78.2 Å². The van der Waals surface area contributed by atoms with Crippen molar-refractivity contribution in [2.45, 2.75) is 95.9 Å². The van der Waals surface area contributed by atoms with E-state index in [1.807, 2.05) is 18.6 Å². The average molecular weight is 1070 g/mol. The van der Waals surface area contributed by atoms with E-state index in [4.69, 9.17) is 31.8 Å². The second-order valence-electron chi connectivity index (χ2n) is 19.6. The third-order valence-electron chi connectivity index (χ3n) is 13.6. The third-order valence-corrected chi connectivity index (χ3v) is 14.1. The maximum atomic E-state index is 15.0. The second kappa shape index (κ2) is 22.5. The molecule has 1 aromatic heterocycles. The molecule has 26 nitrogen and oxygen atoms in total. The van der Waals surface area contributed by atoms with E-state index in [0.29, 0.717) is 6.42 Å². The summed E-state index contributed by atoms with van der Waals surface area (Å²) in [5.74, 6) is -8.26. The number of aliphatic carboxylic acids is 1. The van der Waals surface area contributed by atoms with E-state index in [-0.39, 0.29) is 82.4 Å². The molecule has 4 amide bonds. The summed E-state index contributed by atoms with van der Waals surface area (Å²) < 4.78 is 38.4. The van der Waals surface area contributed by atoms with Crippen molar-refractivity contribution in [1.29, 1.82) is 0 Å². The van der Waals surface area contributed by atoms with Gasteiger partial charge in [-0.05, 0) is 80.5 Å². The minimum atomic E-state index is -4.60. The molecule has 8 atom stereocenters. The molecule has 0 saturated heterocycles. The van der Waals surface area contributed by atoms with Crippen molar-refractivity contribution in [3.05, 3.63) is 75.9 Å². The van der Waals surface area contributed by atoms with Crippen LogP contribution in [-0.4, -0.2) is 159 Å². The number of aliphatic hydroxyl groups is 4. The number of nitrogens with zero attached hydrogens (tertiary/aromatic N) is 3. The topological polar surface area (TPSA) is 441 Å². The summed E-state index contributed by atoms with van der Waals surface area (Å²) in [7, 11) is -3.51. The number of aromatic hydroxyl groups is 1. The number of carbonyl (C=O) groups excluding carboxylic acids is 4. The van der Waals surface area contributed by atoms with Gasteiger partial charge in [0.2, 0.25) is 17.7 Å². The first-order valence-corrected chi connectivity index (χ1v) is 25.3. The predicted octanol–water partition coefficient (Wildman–Crippen LogP) is -1.75. The summed E-state index contributed by atoms with van der Waals surface area (Å²) in [6, 6.07) is -0.269. The van der Waals surface area contributed by atoms with Gasteiger partial charge in [-0.1, -0.05) is 25.5 Å². The number of benzene rings is 2. The quantitative estimate of drug-likeness (QED) is 0.0713. The summed E-state index contributed by atoms with van der Waals surface area (Å²) in [5.41, 5.74) is 15.9. The number of rotatable bonds is 17. The van der Waals surface area contributed by atoms with Crippen LogP contribution in [0.2, 0.25) is 0 Å². The van der Waals surface area contributed by atoms with Gasteiger partial charge in [0.25, 0.3) is 16.1 Å². The lowest BCUT2D eigenvalue weighted by atomic mass is 9.71. The lowest BCUT2D eigenvalue weighted by Gasteiger charge is -2.38. The lowest BCUT2D eigenvalue weighted by molar-refractivity contribution is -0.143. The Hall–Kier alpha value is -6.98. The molecule has 0 radical (unpaired) electrons. The van der Waals surface area contributed by atoms with Crippen LogP contribution in [0.25, 0.3) is 16.7 Å². The summed E-state index contributed by atoms with van der Waals surface area (Å²) in [6.45, 7) is 5.80.